The van der Waals surface area contributed by atoms with Gasteiger partial charge in [-0.25, -0.2) is 4.98 Å². The minimum atomic E-state index is 0.590. The van der Waals surface area contributed by atoms with Crippen LogP contribution in [0.15, 0.2) is 18.2 Å². The molecule has 0 amide bonds. The van der Waals surface area contributed by atoms with Gasteiger partial charge >= 0.3 is 0 Å². The average Bonchev–Trinajstić information content (AvgIpc) is 2.39. The summed E-state index contributed by atoms with van der Waals surface area (Å²) < 4.78 is 5.18. The highest BCUT2D eigenvalue weighted by atomic mass is 16.5. The van der Waals surface area contributed by atoms with E-state index in [4.69, 9.17) is 4.74 Å². The van der Waals surface area contributed by atoms with E-state index in [-0.39, 0.29) is 0 Å². The Hall–Kier alpha value is -1.13. The van der Waals surface area contributed by atoms with Crippen LogP contribution in [-0.4, -0.2) is 42.7 Å². The zero-order chi connectivity index (χ0) is 13.0. The van der Waals surface area contributed by atoms with Gasteiger partial charge in [0.1, 0.15) is 0 Å². The van der Waals surface area contributed by atoms with Crippen molar-refractivity contribution in [2.45, 2.75) is 26.4 Å². The number of methoxy groups -OCH3 is 1. The SMILES string of the molecule is COc1cccc(CN2CCNCC2C(C)C)n1. The number of hydrogen-bond acceptors (Lipinski definition) is 4. The van der Waals surface area contributed by atoms with Crippen LogP contribution in [0, 0.1) is 5.92 Å². The van der Waals surface area contributed by atoms with Gasteiger partial charge in [0.2, 0.25) is 5.88 Å². The van der Waals surface area contributed by atoms with E-state index in [0.717, 1.165) is 31.9 Å². The molecule has 4 nitrogen and oxygen atoms in total. The van der Waals surface area contributed by atoms with Gasteiger partial charge in [-0.05, 0) is 12.0 Å². The molecule has 1 aliphatic rings. The molecule has 1 fully saturated rings. The van der Waals surface area contributed by atoms with Crippen LogP contribution in [0.2, 0.25) is 0 Å². The lowest BCUT2D eigenvalue weighted by Gasteiger charge is -2.38. The number of rotatable bonds is 4. The van der Waals surface area contributed by atoms with E-state index >= 15 is 0 Å². The second-order valence-electron chi connectivity index (χ2n) is 5.16. The maximum atomic E-state index is 5.18. The Labute approximate surface area is 109 Å². The van der Waals surface area contributed by atoms with E-state index in [0.29, 0.717) is 17.8 Å². The second kappa shape index (κ2) is 6.16. The molecule has 0 saturated carbocycles. The van der Waals surface area contributed by atoms with E-state index in [1.807, 2.05) is 12.1 Å². The first kappa shape index (κ1) is 13.3. The molecular formula is C14H23N3O. The molecule has 1 aromatic heterocycles. The van der Waals surface area contributed by atoms with Crippen LogP contribution >= 0.6 is 0 Å². The summed E-state index contributed by atoms with van der Waals surface area (Å²) in [7, 11) is 1.66. The van der Waals surface area contributed by atoms with Crippen LogP contribution in [0.4, 0.5) is 0 Å². The number of nitrogens with zero attached hydrogens (tertiary/aromatic N) is 2. The van der Waals surface area contributed by atoms with Gasteiger partial charge in [0.15, 0.2) is 0 Å². The van der Waals surface area contributed by atoms with Crippen molar-refractivity contribution in [3.05, 3.63) is 23.9 Å². The molecular weight excluding hydrogens is 226 g/mol. The lowest BCUT2D eigenvalue weighted by Crippen LogP contribution is -2.53. The molecule has 0 spiro atoms. The largest absolute Gasteiger partial charge is 0.481 e. The Morgan fingerprint density at radius 2 is 2.33 bits per heavy atom. The van der Waals surface area contributed by atoms with Crippen molar-refractivity contribution in [3.63, 3.8) is 0 Å². The smallest absolute Gasteiger partial charge is 0.213 e. The molecule has 1 atom stereocenters. The quantitative estimate of drug-likeness (QED) is 0.878. The second-order valence-corrected chi connectivity index (χ2v) is 5.16. The standard InChI is InChI=1S/C14H23N3O/c1-11(2)13-9-15-7-8-17(13)10-12-5-4-6-14(16-12)18-3/h4-6,11,13,15H,7-10H2,1-3H3. The number of ether oxygens (including phenoxy) is 1. The van der Waals surface area contributed by atoms with Crippen LogP contribution in [0.3, 0.4) is 0 Å². The highest BCUT2D eigenvalue weighted by Crippen LogP contribution is 2.16. The first-order chi connectivity index (χ1) is 8.70. The van der Waals surface area contributed by atoms with Crippen molar-refractivity contribution in [3.8, 4) is 5.88 Å². The third-order valence-corrected chi connectivity index (χ3v) is 3.52. The molecule has 2 heterocycles. The van der Waals surface area contributed by atoms with Gasteiger partial charge in [-0.15, -0.1) is 0 Å². The van der Waals surface area contributed by atoms with Crippen LogP contribution in [0.25, 0.3) is 0 Å². The number of aromatic nitrogens is 1. The Balaban J connectivity index is 2.05. The summed E-state index contributed by atoms with van der Waals surface area (Å²) in [5.41, 5.74) is 1.09. The van der Waals surface area contributed by atoms with Crippen LogP contribution in [0.5, 0.6) is 5.88 Å². The van der Waals surface area contributed by atoms with E-state index in [2.05, 4.69) is 35.1 Å². The summed E-state index contributed by atoms with van der Waals surface area (Å²) in [6.07, 6.45) is 0. The summed E-state index contributed by atoms with van der Waals surface area (Å²) in [6, 6.07) is 6.56. The van der Waals surface area contributed by atoms with Gasteiger partial charge < -0.3 is 10.1 Å². The summed E-state index contributed by atoms with van der Waals surface area (Å²) in [6.45, 7) is 8.69. The molecule has 2 rings (SSSR count). The predicted octanol–water partition coefficient (Wildman–Crippen LogP) is 1.52. The first-order valence-electron chi connectivity index (χ1n) is 6.65. The van der Waals surface area contributed by atoms with E-state index in [1.165, 1.54) is 0 Å². The molecule has 18 heavy (non-hydrogen) atoms. The highest BCUT2D eigenvalue weighted by Gasteiger charge is 2.25. The Morgan fingerprint density at radius 1 is 1.50 bits per heavy atom. The number of pyridine rings is 1. The van der Waals surface area contributed by atoms with E-state index < -0.39 is 0 Å². The fourth-order valence-corrected chi connectivity index (χ4v) is 2.49. The van der Waals surface area contributed by atoms with Crippen molar-refractivity contribution in [2.24, 2.45) is 5.92 Å². The van der Waals surface area contributed by atoms with Crippen molar-refractivity contribution < 1.29 is 4.74 Å². The summed E-state index contributed by atoms with van der Waals surface area (Å²) in [5.74, 6) is 1.35. The summed E-state index contributed by atoms with van der Waals surface area (Å²) in [4.78, 5) is 7.01. The monoisotopic (exact) mass is 249 g/mol. The minimum absolute atomic E-state index is 0.590. The highest BCUT2D eigenvalue weighted by molar-refractivity contribution is 5.15. The van der Waals surface area contributed by atoms with Crippen molar-refractivity contribution in [1.29, 1.82) is 0 Å². The van der Waals surface area contributed by atoms with Gasteiger partial charge in [-0.3, -0.25) is 4.90 Å². The molecule has 1 unspecified atom stereocenters. The lowest BCUT2D eigenvalue weighted by atomic mass is 10.0. The predicted molar refractivity (Wildman–Crippen MR) is 72.7 cm³/mol. The van der Waals surface area contributed by atoms with Crippen molar-refractivity contribution in [2.75, 3.05) is 26.7 Å². The van der Waals surface area contributed by atoms with Crippen LogP contribution in [-0.2, 0) is 6.54 Å². The molecule has 1 N–H and O–H groups in total. The van der Waals surface area contributed by atoms with Crippen molar-refractivity contribution in [1.82, 2.24) is 15.2 Å². The van der Waals surface area contributed by atoms with Gasteiger partial charge in [0, 0.05) is 38.3 Å². The molecule has 4 heteroatoms. The molecule has 0 radical (unpaired) electrons. The molecule has 0 aromatic carbocycles. The topological polar surface area (TPSA) is 37.4 Å². The molecule has 1 saturated heterocycles. The first-order valence-corrected chi connectivity index (χ1v) is 6.65. The number of piperazine rings is 1. The van der Waals surface area contributed by atoms with Gasteiger partial charge in [-0.2, -0.15) is 0 Å². The molecule has 1 aromatic rings. The Morgan fingerprint density at radius 3 is 3.06 bits per heavy atom. The van der Waals surface area contributed by atoms with Gasteiger partial charge in [0.05, 0.1) is 12.8 Å². The maximum absolute atomic E-state index is 5.18. The summed E-state index contributed by atoms with van der Waals surface area (Å²) >= 11 is 0. The zero-order valence-corrected chi connectivity index (χ0v) is 11.5. The lowest BCUT2D eigenvalue weighted by molar-refractivity contribution is 0.115. The maximum Gasteiger partial charge on any atom is 0.213 e. The van der Waals surface area contributed by atoms with Gasteiger partial charge in [0.25, 0.3) is 0 Å². The fourth-order valence-electron chi connectivity index (χ4n) is 2.49. The Kier molecular flexibility index (Phi) is 4.55. The van der Waals surface area contributed by atoms with Crippen molar-refractivity contribution >= 4 is 0 Å². The molecule has 0 aliphatic carbocycles. The van der Waals surface area contributed by atoms with E-state index in [1.54, 1.807) is 7.11 Å². The number of nitrogens with one attached hydrogen (secondary N) is 1. The molecule has 100 valence electrons. The van der Waals surface area contributed by atoms with E-state index in [9.17, 15) is 0 Å². The minimum Gasteiger partial charge on any atom is -0.481 e. The fraction of sp³-hybridized carbons (Fsp3) is 0.643. The molecule has 0 bridgehead atoms. The average molecular weight is 249 g/mol. The van der Waals surface area contributed by atoms with Gasteiger partial charge in [-0.1, -0.05) is 19.9 Å². The Bertz CT molecular complexity index is 381. The third kappa shape index (κ3) is 3.21. The zero-order valence-electron chi connectivity index (χ0n) is 11.5. The summed E-state index contributed by atoms with van der Waals surface area (Å²) in [5, 5.41) is 3.47. The third-order valence-electron chi connectivity index (χ3n) is 3.52. The normalized spacial score (nSPS) is 21.2. The van der Waals surface area contributed by atoms with Crippen LogP contribution in [0.1, 0.15) is 19.5 Å². The van der Waals surface area contributed by atoms with Crippen LogP contribution < -0.4 is 10.1 Å². The molecule has 1 aliphatic heterocycles. The number of hydrogen-bond donors (Lipinski definition) is 1.